The summed E-state index contributed by atoms with van der Waals surface area (Å²) >= 11 is 6.56. The average molecular weight is 435 g/mol. The molecule has 8 heteroatoms. The molecular weight excluding hydrogens is 412 g/mol. The lowest BCUT2D eigenvalue weighted by atomic mass is 10.0. The molecule has 0 spiro atoms. The topological polar surface area (TPSA) is 69.0 Å². The summed E-state index contributed by atoms with van der Waals surface area (Å²) in [6.07, 6.45) is 7.87. The van der Waals surface area contributed by atoms with Crippen LogP contribution in [-0.4, -0.2) is 50.8 Å². The standard InChI is InChI=1S/C23H23ClN6O/c1-29-21-5-3-2-4-20(21)28-23(29)18-9-22(27-12-19(18)24)30-6-7-31-14-17(13-30)8-16-10-25-15-26-11-16/h2-5,9-12,15,17H,6-8,13-14H2,1H3. The Hall–Kier alpha value is -3.03. The first kappa shape index (κ1) is 19.9. The maximum Gasteiger partial charge on any atom is 0.142 e. The molecule has 0 N–H and O–H groups in total. The second-order valence-corrected chi connectivity index (χ2v) is 8.25. The van der Waals surface area contributed by atoms with Crippen LogP contribution in [0.2, 0.25) is 5.02 Å². The molecule has 1 aliphatic heterocycles. The summed E-state index contributed by atoms with van der Waals surface area (Å²) in [4.78, 5) is 20.0. The van der Waals surface area contributed by atoms with Gasteiger partial charge in [-0.1, -0.05) is 23.7 Å². The summed E-state index contributed by atoms with van der Waals surface area (Å²) in [7, 11) is 2.01. The van der Waals surface area contributed by atoms with Crippen LogP contribution in [0, 0.1) is 5.92 Å². The molecule has 0 bridgehead atoms. The van der Waals surface area contributed by atoms with Gasteiger partial charge in [0, 0.05) is 50.2 Å². The molecule has 158 valence electrons. The van der Waals surface area contributed by atoms with Gasteiger partial charge in [0.25, 0.3) is 0 Å². The minimum atomic E-state index is 0.324. The highest BCUT2D eigenvalue weighted by Gasteiger charge is 2.22. The van der Waals surface area contributed by atoms with Gasteiger partial charge in [0.15, 0.2) is 0 Å². The van der Waals surface area contributed by atoms with E-state index in [1.807, 2.05) is 43.7 Å². The first-order chi connectivity index (χ1) is 15.2. The van der Waals surface area contributed by atoms with Crippen molar-refractivity contribution in [1.29, 1.82) is 0 Å². The molecule has 1 saturated heterocycles. The molecule has 1 aliphatic rings. The van der Waals surface area contributed by atoms with E-state index in [1.54, 1.807) is 12.5 Å². The number of aromatic nitrogens is 5. The third-order valence-corrected chi connectivity index (χ3v) is 5.97. The molecule has 5 rings (SSSR count). The van der Waals surface area contributed by atoms with Crippen molar-refractivity contribution in [3.63, 3.8) is 0 Å². The molecular formula is C23H23ClN6O. The van der Waals surface area contributed by atoms with Crippen molar-refractivity contribution in [2.75, 3.05) is 31.2 Å². The molecule has 31 heavy (non-hydrogen) atoms. The average Bonchev–Trinajstić information content (AvgIpc) is 2.96. The lowest BCUT2D eigenvalue weighted by Crippen LogP contribution is -2.31. The maximum absolute atomic E-state index is 6.56. The van der Waals surface area contributed by atoms with Crippen LogP contribution in [0.3, 0.4) is 0 Å². The number of rotatable bonds is 4. The summed E-state index contributed by atoms with van der Waals surface area (Å²) in [5.74, 6) is 2.04. The molecule has 4 aromatic rings. The van der Waals surface area contributed by atoms with E-state index in [1.165, 1.54) is 0 Å². The van der Waals surface area contributed by atoms with E-state index in [0.29, 0.717) is 24.2 Å². The number of anilines is 1. The lowest BCUT2D eigenvalue weighted by Gasteiger charge is -2.25. The Kier molecular flexibility index (Phi) is 5.53. The number of benzene rings is 1. The fraction of sp³-hybridized carbons (Fsp3) is 0.304. The van der Waals surface area contributed by atoms with E-state index in [2.05, 4.69) is 30.5 Å². The molecule has 1 fully saturated rings. The number of fused-ring (bicyclic) bond motifs is 1. The molecule has 1 atom stereocenters. The van der Waals surface area contributed by atoms with Crippen LogP contribution in [0.5, 0.6) is 0 Å². The van der Waals surface area contributed by atoms with E-state index >= 15 is 0 Å². The zero-order valence-corrected chi connectivity index (χ0v) is 18.0. The van der Waals surface area contributed by atoms with Crippen molar-refractivity contribution in [1.82, 2.24) is 24.5 Å². The van der Waals surface area contributed by atoms with Gasteiger partial charge in [-0.25, -0.2) is 19.9 Å². The van der Waals surface area contributed by atoms with Crippen LogP contribution < -0.4 is 4.90 Å². The van der Waals surface area contributed by atoms with Gasteiger partial charge in [-0.15, -0.1) is 0 Å². The van der Waals surface area contributed by atoms with Crippen molar-refractivity contribution in [2.45, 2.75) is 6.42 Å². The Morgan fingerprint density at radius 1 is 1.16 bits per heavy atom. The smallest absolute Gasteiger partial charge is 0.142 e. The van der Waals surface area contributed by atoms with Crippen molar-refractivity contribution in [3.8, 4) is 11.4 Å². The Morgan fingerprint density at radius 3 is 2.84 bits per heavy atom. The third kappa shape index (κ3) is 4.11. The second-order valence-electron chi connectivity index (χ2n) is 7.84. The van der Waals surface area contributed by atoms with Crippen LogP contribution in [0.25, 0.3) is 22.4 Å². The SMILES string of the molecule is Cn1c(-c2cc(N3CCOCC(Cc4cncnc4)C3)ncc2Cl)nc2ccccc21. The number of halogens is 1. The van der Waals surface area contributed by atoms with E-state index in [-0.39, 0.29) is 0 Å². The van der Waals surface area contributed by atoms with Gasteiger partial charge in [-0.05, 0) is 30.2 Å². The van der Waals surface area contributed by atoms with Crippen LogP contribution >= 0.6 is 11.6 Å². The summed E-state index contributed by atoms with van der Waals surface area (Å²) in [5.41, 5.74) is 4.01. The molecule has 4 heterocycles. The van der Waals surface area contributed by atoms with Gasteiger partial charge >= 0.3 is 0 Å². The highest BCUT2D eigenvalue weighted by atomic mass is 35.5. The quantitative estimate of drug-likeness (QED) is 0.487. The zero-order valence-electron chi connectivity index (χ0n) is 17.3. The van der Waals surface area contributed by atoms with Crippen molar-refractivity contribution in [2.24, 2.45) is 13.0 Å². The first-order valence-corrected chi connectivity index (χ1v) is 10.7. The number of pyridine rings is 1. The predicted molar refractivity (Wildman–Crippen MR) is 121 cm³/mol. The normalized spacial score (nSPS) is 17.1. The molecule has 1 unspecified atom stereocenters. The first-order valence-electron chi connectivity index (χ1n) is 10.3. The fourth-order valence-electron chi connectivity index (χ4n) is 4.14. The largest absolute Gasteiger partial charge is 0.379 e. The van der Waals surface area contributed by atoms with Gasteiger partial charge in [0.2, 0.25) is 0 Å². The van der Waals surface area contributed by atoms with Gasteiger partial charge in [-0.2, -0.15) is 0 Å². The minimum Gasteiger partial charge on any atom is -0.379 e. The Morgan fingerprint density at radius 2 is 2.00 bits per heavy atom. The van der Waals surface area contributed by atoms with E-state index < -0.39 is 0 Å². The highest BCUT2D eigenvalue weighted by molar-refractivity contribution is 6.33. The van der Waals surface area contributed by atoms with E-state index in [4.69, 9.17) is 21.3 Å². The molecule has 0 saturated carbocycles. The lowest BCUT2D eigenvalue weighted by molar-refractivity contribution is 0.123. The summed E-state index contributed by atoms with van der Waals surface area (Å²) in [6.45, 7) is 2.98. The van der Waals surface area contributed by atoms with E-state index in [0.717, 1.165) is 53.3 Å². The number of hydrogen-bond acceptors (Lipinski definition) is 6. The monoisotopic (exact) mass is 434 g/mol. The Bertz CT molecular complexity index is 1200. The number of para-hydroxylation sites is 2. The Balaban J connectivity index is 1.45. The van der Waals surface area contributed by atoms with Crippen LogP contribution in [0.1, 0.15) is 5.56 Å². The summed E-state index contributed by atoms with van der Waals surface area (Å²) in [5, 5.41) is 0.589. The van der Waals surface area contributed by atoms with Gasteiger partial charge in [-0.3, -0.25) is 0 Å². The fourth-order valence-corrected chi connectivity index (χ4v) is 4.33. The minimum absolute atomic E-state index is 0.324. The van der Waals surface area contributed by atoms with Crippen LogP contribution in [0.15, 0.2) is 55.2 Å². The Labute approximate surface area is 185 Å². The molecule has 0 aliphatic carbocycles. The second kappa shape index (κ2) is 8.61. The zero-order chi connectivity index (χ0) is 21.2. The molecule has 3 aromatic heterocycles. The van der Waals surface area contributed by atoms with Crippen LogP contribution in [-0.2, 0) is 18.2 Å². The van der Waals surface area contributed by atoms with Gasteiger partial charge < -0.3 is 14.2 Å². The van der Waals surface area contributed by atoms with Crippen molar-refractivity contribution in [3.05, 3.63) is 65.8 Å². The number of aryl methyl sites for hydroxylation is 1. The van der Waals surface area contributed by atoms with Crippen LogP contribution in [0.4, 0.5) is 5.82 Å². The molecule has 1 aromatic carbocycles. The van der Waals surface area contributed by atoms with Gasteiger partial charge in [0.05, 0.1) is 29.3 Å². The summed E-state index contributed by atoms with van der Waals surface area (Å²) < 4.78 is 7.95. The number of hydrogen-bond donors (Lipinski definition) is 0. The van der Waals surface area contributed by atoms with Crippen molar-refractivity contribution < 1.29 is 4.74 Å². The predicted octanol–water partition coefficient (Wildman–Crippen LogP) is 3.77. The number of ether oxygens (including phenoxy) is 1. The number of imidazole rings is 1. The highest BCUT2D eigenvalue weighted by Crippen LogP contribution is 2.32. The molecule has 0 amide bonds. The van der Waals surface area contributed by atoms with Gasteiger partial charge in [0.1, 0.15) is 18.0 Å². The van der Waals surface area contributed by atoms with E-state index in [9.17, 15) is 0 Å². The third-order valence-electron chi connectivity index (χ3n) is 5.67. The number of nitrogens with zero attached hydrogens (tertiary/aromatic N) is 6. The molecule has 7 nitrogen and oxygen atoms in total. The van der Waals surface area contributed by atoms with Crippen molar-refractivity contribution >= 4 is 28.5 Å². The maximum atomic E-state index is 6.56. The summed E-state index contributed by atoms with van der Waals surface area (Å²) in [6, 6.07) is 10.1. The molecule has 0 radical (unpaired) electrons.